The number of urea groups is 1. The van der Waals surface area contributed by atoms with Gasteiger partial charge in [0, 0.05) is 37.2 Å². The number of piperidine rings is 2. The number of hydrogen-bond acceptors (Lipinski definition) is 4. The average molecular weight is 441 g/mol. The molecule has 5 amide bonds. The van der Waals surface area contributed by atoms with E-state index in [2.05, 4.69) is 5.32 Å². The smallest absolute Gasteiger partial charge is 0.325 e. The van der Waals surface area contributed by atoms with Crippen LogP contribution in [0, 0.1) is 5.41 Å². The summed E-state index contributed by atoms with van der Waals surface area (Å²) in [6.45, 7) is 7.49. The van der Waals surface area contributed by atoms with Gasteiger partial charge < -0.3 is 15.1 Å². The zero-order valence-electron chi connectivity index (χ0n) is 19.1. The van der Waals surface area contributed by atoms with E-state index in [0.29, 0.717) is 51.0 Å². The highest BCUT2D eigenvalue weighted by Gasteiger charge is 2.55. The van der Waals surface area contributed by atoms with Gasteiger partial charge in [-0.25, -0.2) is 4.79 Å². The highest BCUT2D eigenvalue weighted by molar-refractivity contribution is 6.07. The fourth-order valence-electron chi connectivity index (χ4n) is 4.99. The molecule has 3 fully saturated rings. The maximum Gasteiger partial charge on any atom is 0.325 e. The summed E-state index contributed by atoms with van der Waals surface area (Å²) in [6.07, 6.45) is 2.24. The third-order valence-electron chi connectivity index (χ3n) is 6.81. The van der Waals surface area contributed by atoms with E-state index >= 15 is 0 Å². The number of amides is 5. The molecule has 0 bridgehead atoms. The number of benzene rings is 1. The van der Waals surface area contributed by atoms with E-state index in [0.717, 1.165) is 6.42 Å². The normalized spacial score (nSPS) is 23.5. The molecule has 8 heteroatoms. The second-order valence-corrected chi connectivity index (χ2v) is 10.1. The molecule has 1 unspecified atom stereocenters. The van der Waals surface area contributed by atoms with Gasteiger partial charge in [0.25, 0.3) is 11.8 Å². The first-order chi connectivity index (χ1) is 15.1. The fourth-order valence-corrected chi connectivity index (χ4v) is 4.99. The van der Waals surface area contributed by atoms with Crippen molar-refractivity contribution in [2.45, 2.75) is 58.0 Å². The lowest BCUT2D eigenvalue weighted by Gasteiger charge is -2.40. The molecule has 1 aromatic rings. The van der Waals surface area contributed by atoms with Crippen molar-refractivity contribution in [1.29, 1.82) is 0 Å². The van der Waals surface area contributed by atoms with Crippen molar-refractivity contribution in [3.8, 4) is 0 Å². The van der Waals surface area contributed by atoms with Crippen LogP contribution in [0.15, 0.2) is 30.3 Å². The Bertz CT molecular complexity index is 916. The Labute approximate surface area is 188 Å². The van der Waals surface area contributed by atoms with Crippen LogP contribution in [0.2, 0.25) is 0 Å². The van der Waals surface area contributed by atoms with Crippen LogP contribution >= 0.6 is 0 Å². The molecule has 0 radical (unpaired) electrons. The first kappa shape index (κ1) is 22.3. The molecule has 3 heterocycles. The van der Waals surface area contributed by atoms with Crippen LogP contribution in [0.25, 0.3) is 0 Å². The molecule has 8 nitrogen and oxygen atoms in total. The molecule has 1 spiro atoms. The fraction of sp³-hybridized carbons (Fsp3) is 0.583. The van der Waals surface area contributed by atoms with Gasteiger partial charge in [0.2, 0.25) is 5.91 Å². The minimum atomic E-state index is -0.957. The van der Waals surface area contributed by atoms with Gasteiger partial charge in [0.15, 0.2) is 0 Å². The van der Waals surface area contributed by atoms with Crippen molar-refractivity contribution in [3.05, 3.63) is 35.9 Å². The van der Waals surface area contributed by atoms with Gasteiger partial charge in [-0.3, -0.25) is 19.3 Å². The van der Waals surface area contributed by atoms with Crippen molar-refractivity contribution in [2.75, 3.05) is 26.2 Å². The van der Waals surface area contributed by atoms with Crippen LogP contribution in [0.3, 0.4) is 0 Å². The van der Waals surface area contributed by atoms with Gasteiger partial charge >= 0.3 is 6.03 Å². The molecule has 4 rings (SSSR count). The highest BCUT2D eigenvalue weighted by Crippen LogP contribution is 2.33. The number of imide groups is 1. The van der Waals surface area contributed by atoms with E-state index in [1.165, 1.54) is 4.90 Å². The molecule has 0 aliphatic carbocycles. The third kappa shape index (κ3) is 3.98. The minimum absolute atomic E-state index is 0.0386. The standard InChI is InChI=1S/C24H32N4O4/c1-23(2,3)20(30)27-13-7-10-18(16-27)28-21(31)24(25-22(28)32)11-14-26(15-12-24)19(29)17-8-5-4-6-9-17/h4-6,8-9,18H,7,10-16H2,1-3H3,(H,25,32). The minimum Gasteiger partial charge on any atom is -0.340 e. The van der Waals surface area contributed by atoms with E-state index < -0.39 is 11.0 Å². The molecule has 172 valence electrons. The number of likely N-dealkylation sites (tertiary alicyclic amines) is 2. The Balaban J connectivity index is 1.43. The van der Waals surface area contributed by atoms with Gasteiger partial charge in [-0.15, -0.1) is 0 Å². The lowest BCUT2D eigenvalue weighted by molar-refractivity contribution is -0.144. The number of carbonyl (C=O) groups excluding carboxylic acids is 4. The lowest BCUT2D eigenvalue weighted by Crippen LogP contribution is -2.57. The van der Waals surface area contributed by atoms with E-state index in [9.17, 15) is 19.2 Å². The van der Waals surface area contributed by atoms with Crippen LogP contribution in [0.4, 0.5) is 4.79 Å². The highest BCUT2D eigenvalue weighted by atomic mass is 16.2. The van der Waals surface area contributed by atoms with E-state index in [1.807, 2.05) is 39.0 Å². The van der Waals surface area contributed by atoms with Crippen molar-refractivity contribution < 1.29 is 19.2 Å². The Morgan fingerprint density at radius 2 is 1.66 bits per heavy atom. The first-order valence-corrected chi connectivity index (χ1v) is 11.4. The van der Waals surface area contributed by atoms with E-state index in [1.54, 1.807) is 21.9 Å². The summed E-state index contributed by atoms with van der Waals surface area (Å²) in [5.74, 6) is -0.237. The summed E-state index contributed by atoms with van der Waals surface area (Å²) in [5, 5.41) is 2.94. The molecule has 3 aliphatic heterocycles. The Morgan fingerprint density at radius 1 is 1.00 bits per heavy atom. The van der Waals surface area contributed by atoms with Crippen LogP contribution in [-0.4, -0.2) is 76.2 Å². The number of hydrogen-bond donors (Lipinski definition) is 1. The molecule has 1 aromatic carbocycles. The van der Waals surface area contributed by atoms with Gasteiger partial charge in [-0.2, -0.15) is 0 Å². The second-order valence-electron chi connectivity index (χ2n) is 10.1. The maximum absolute atomic E-state index is 13.4. The molecule has 3 saturated heterocycles. The first-order valence-electron chi connectivity index (χ1n) is 11.4. The summed E-state index contributed by atoms with van der Waals surface area (Å²) < 4.78 is 0. The van der Waals surface area contributed by atoms with Gasteiger partial charge in [-0.1, -0.05) is 39.0 Å². The average Bonchev–Trinajstić information content (AvgIpc) is 3.02. The molecular formula is C24H32N4O4. The van der Waals surface area contributed by atoms with Crippen molar-refractivity contribution >= 4 is 23.8 Å². The summed E-state index contributed by atoms with van der Waals surface area (Å²) in [4.78, 5) is 56.7. The Kier molecular flexibility index (Phi) is 5.73. The maximum atomic E-state index is 13.4. The van der Waals surface area contributed by atoms with Crippen LogP contribution in [0.5, 0.6) is 0 Å². The number of carbonyl (C=O) groups is 4. The summed E-state index contributed by atoms with van der Waals surface area (Å²) in [5.41, 5.74) is -0.836. The quantitative estimate of drug-likeness (QED) is 0.715. The van der Waals surface area contributed by atoms with Gasteiger partial charge in [0.05, 0.1) is 6.04 Å². The van der Waals surface area contributed by atoms with Crippen molar-refractivity contribution in [2.24, 2.45) is 5.41 Å². The second kappa shape index (κ2) is 8.22. The monoisotopic (exact) mass is 440 g/mol. The van der Waals surface area contributed by atoms with Crippen LogP contribution < -0.4 is 5.32 Å². The van der Waals surface area contributed by atoms with Gasteiger partial charge in [-0.05, 0) is 37.8 Å². The number of nitrogens with zero attached hydrogens (tertiary/aromatic N) is 3. The van der Waals surface area contributed by atoms with E-state index in [-0.39, 0.29) is 29.8 Å². The number of nitrogens with one attached hydrogen (secondary N) is 1. The summed E-state index contributed by atoms with van der Waals surface area (Å²) in [7, 11) is 0. The predicted octanol–water partition coefficient (Wildman–Crippen LogP) is 2.25. The van der Waals surface area contributed by atoms with Gasteiger partial charge in [0.1, 0.15) is 5.54 Å². The van der Waals surface area contributed by atoms with Crippen LogP contribution in [0.1, 0.15) is 56.8 Å². The SMILES string of the molecule is CC(C)(C)C(=O)N1CCCC(N2C(=O)NC3(CCN(C(=O)c4ccccc4)CC3)C2=O)C1. The zero-order chi connectivity index (χ0) is 23.1. The van der Waals surface area contributed by atoms with Crippen LogP contribution in [-0.2, 0) is 9.59 Å². The molecular weight excluding hydrogens is 408 g/mol. The van der Waals surface area contributed by atoms with E-state index in [4.69, 9.17) is 0 Å². The van der Waals surface area contributed by atoms with Crippen molar-refractivity contribution in [1.82, 2.24) is 20.0 Å². The topological polar surface area (TPSA) is 90.0 Å². The molecule has 0 aromatic heterocycles. The third-order valence-corrected chi connectivity index (χ3v) is 6.81. The molecule has 3 aliphatic rings. The molecule has 1 N–H and O–H groups in total. The Hall–Kier alpha value is -2.90. The van der Waals surface area contributed by atoms with Crippen molar-refractivity contribution in [3.63, 3.8) is 0 Å². The summed E-state index contributed by atoms with van der Waals surface area (Å²) in [6, 6.07) is 8.39. The number of rotatable bonds is 2. The largest absolute Gasteiger partial charge is 0.340 e. The lowest BCUT2D eigenvalue weighted by atomic mass is 9.86. The zero-order valence-corrected chi connectivity index (χ0v) is 19.1. The summed E-state index contributed by atoms with van der Waals surface area (Å²) >= 11 is 0. The molecule has 32 heavy (non-hydrogen) atoms. The Morgan fingerprint density at radius 3 is 2.28 bits per heavy atom. The molecule has 0 saturated carbocycles. The predicted molar refractivity (Wildman–Crippen MR) is 119 cm³/mol. The molecule has 1 atom stereocenters.